The first-order chi connectivity index (χ1) is 13.3. The normalized spacial score (nSPS) is 22.7. The predicted octanol–water partition coefficient (Wildman–Crippen LogP) is 3.04. The topological polar surface area (TPSA) is 37.8 Å². The number of aromatic nitrogens is 1. The van der Waals surface area contributed by atoms with Gasteiger partial charge in [-0.15, -0.1) is 11.3 Å². The Labute approximate surface area is 164 Å². The Balaban J connectivity index is 1.23. The van der Waals surface area contributed by atoms with Crippen molar-refractivity contribution in [3.63, 3.8) is 0 Å². The van der Waals surface area contributed by atoms with Gasteiger partial charge in [0.1, 0.15) is 5.82 Å². The predicted molar refractivity (Wildman–Crippen MR) is 107 cm³/mol. The van der Waals surface area contributed by atoms with Gasteiger partial charge in [0.05, 0.1) is 25.4 Å². The van der Waals surface area contributed by atoms with Crippen LogP contribution in [0.4, 0.5) is 5.82 Å². The molecule has 2 fully saturated rings. The molecule has 0 bridgehead atoms. The van der Waals surface area contributed by atoms with Crippen molar-refractivity contribution in [3.8, 4) is 0 Å². The lowest BCUT2D eigenvalue weighted by Crippen LogP contribution is -2.46. The molecular weight excluding hydrogens is 358 g/mol. The molecule has 2 saturated heterocycles. The van der Waals surface area contributed by atoms with E-state index in [-0.39, 0.29) is 5.60 Å². The van der Waals surface area contributed by atoms with Crippen molar-refractivity contribution < 1.29 is 9.47 Å². The van der Waals surface area contributed by atoms with E-state index in [0.29, 0.717) is 0 Å². The number of rotatable bonds is 3. The van der Waals surface area contributed by atoms with Gasteiger partial charge in [-0.1, -0.05) is 6.07 Å². The van der Waals surface area contributed by atoms with Crippen molar-refractivity contribution in [2.75, 3.05) is 50.9 Å². The van der Waals surface area contributed by atoms with Crippen LogP contribution in [-0.4, -0.2) is 55.9 Å². The van der Waals surface area contributed by atoms with Crippen molar-refractivity contribution in [1.82, 2.24) is 9.88 Å². The molecule has 2 aromatic heterocycles. The maximum absolute atomic E-state index is 6.32. The van der Waals surface area contributed by atoms with Gasteiger partial charge >= 0.3 is 0 Å². The van der Waals surface area contributed by atoms with E-state index in [9.17, 15) is 0 Å². The van der Waals surface area contributed by atoms with E-state index in [4.69, 9.17) is 14.5 Å². The summed E-state index contributed by atoms with van der Waals surface area (Å²) in [6.07, 6.45) is 5.22. The first-order valence-electron chi connectivity index (χ1n) is 10.0. The number of hydrogen-bond donors (Lipinski definition) is 0. The maximum atomic E-state index is 6.32. The van der Waals surface area contributed by atoms with Crippen LogP contribution in [0.15, 0.2) is 29.8 Å². The zero-order chi connectivity index (χ0) is 18.1. The third kappa shape index (κ3) is 3.51. The molecule has 0 saturated carbocycles. The molecular formula is C21H27N3O2S. The highest BCUT2D eigenvalue weighted by molar-refractivity contribution is 7.10. The quantitative estimate of drug-likeness (QED) is 0.812. The van der Waals surface area contributed by atoms with Gasteiger partial charge in [0.2, 0.25) is 0 Å². The molecule has 0 amide bonds. The van der Waals surface area contributed by atoms with E-state index in [0.717, 1.165) is 77.6 Å². The van der Waals surface area contributed by atoms with E-state index < -0.39 is 0 Å². The molecule has 0 aliphatic carbocycles. The van der Waals surface area contributed by atoms with Crippen LogP contribution in [0, 0.1) is 0 Å². The fourth-order valence-corrected chi connectivity index (χ4v) is 5.53. The summed E-state index contributed by atoms with van der Waals surface area (Å²) in [6, 6.07) is 6.70. The van der Waals surface area contributed by atoms with Crippen molar-refractivity contribution in [1.29, 1.82) is 0 Å². The Hall–Kier alpha value is -1.47. The smallest absolute Gasteiger partial charge is 0.128 e. The molecule has 5 heterocycles. The molecule has 0 N–H and O–H groups in total. The molecule has 144 valence electrons. The number of anilines is 1. The minimum absolute atomic E-state index is 0.0552. The number of piperidine rings is 1. The highest BCUT2D eigenvalue weighted by Crippen LogP contribution is 2.43. The summed E-state index contributed by atoms with van der Waals surface area (Å²) >= 11 is 1.89. The number of morpholine rings is 1. The molecule has 6 heteroatoms. The minimum Gasteiger partial charge on any atom is -0.379 e. The minimum atomic E-state index is -0.0552. The van der Waals surface area contributed by atoms with Crippen LogP contribution in [0.2, 0.25) is 0 Å². The summed E-state index contributed by atoms with van der Waals surface area (Å²) in [4.78, 5) is 11.1. The molecule has 0 aromatic carbocycles. The van der Waals surface area contributed by atoms with Gasteiger partial charge in [-0.25, -0.2) is 4.98 Å². The summed E-state index contributed by atoms with van der Waals surface area (Å²) in [7, 11) is 0. The van der Waals surface area contributed by atoms with Gasteiger partial charge in [-0.05, 0) is 41.5 Å². The van der Waals surface area contributed by atoms with Crippen LogP contribution >= 0.6 is 11.3 Å². The van der Waals surface area contributed by atoms with E-state index in [2.05, 4.69) is 33.4 Å². The average Bonchev–Trinajstić information content (AvgIpc) is 3.21. The largest absolute Gasteiger partial charge is 0.379 e. The van der Waals surface area contributed by atoms with Gasteiger partial charge in [-0.3, -0.25) is 4.90 Å². The summed E-state index contributed by atoms with van der Waals surface area (Å²) in [5.41, 5.74) is 2.68. The Morgan fingerprint density at radius 3 is 2.67 bits per heavy atom. The molecule has 0 unspecified atom stereocenters. The SMILES string of the molecule is c1cc2c(s1)CCOC21CCN(c2ccc(CN3CCOCC3)cn2)CC1. The Morgan fingerprint density at radius 1 is 1.04 bits per heavy atom. The van der Waals surface area contributed by atoms with Crippen LogP contribution < -0.4 is 4.90 Å². The highest BCUT2D eigenvalue weighted by Gasteiger charge is 2.41. The lowest BCUT2D eigenvalue weighted by atomic mass is 9.82. The van der Waals surface area contributed by atoms with E-state index in [1.54, 1.807) is 0 Å². The summed E-state index contributed by atoms with van der Waals surface area (Å²) in [5.74, 6) is 1.09. The Morgan fingerprint density at radius 2 is 1.89 bits per heavy atom. The van der Waals surface area contributed by atoms with Crippen LogP contribution in [0.3, 0.4) is 0 Å². The summed E-state index contributed by atoms with van der Waals surface area (Å²) in [6.45, 7) is 7.55. The number of fused-ring (bicyclic) bond motifs is 2. The Bertz CT molecular complexity index is 762. The number of ether oxygens (including phenoxy) is 2. The number of thiophene rings is 1. The zero-order valence-electron chi connectivity index (χ0n) is 15.7. The van der Waals surface area contributed by atoms with Crippen LogP contribution in [-0.2, 0) is 28.0 Å². The molecule has 0 radical (unpaired) electrons. The van der Waals surface area contributed by atoms with Crippen molar-refractivity contribution in [3.05, 3.63) is 45.8 Å². The summed E-state index contributed by atoms with van der Waals surface area (Å²) in [5, 5.41) is 2.22. The van der Waals surface area contributed by atoms with Crippen LogP contribution in [0.5, 0.6) is 0 Å². The third-order valence-electron chi connectivity index (χ3n) is 6.16. The average molecular weight is 386 g/mol. The molecule has 3 aliphatic heterocycles. The molecule has 27 heavy (non-hydrogen) atoms. The molecule has 5 rings (SSSR count). The van der Waals surface area contributed by atoms with Crippen LogP contribution in [0.25, 0.3) is 0 Å². The third-order valence-corrected chi connectivity index (χ3v) is 7.14. The van der Waals surface area contributed by atoms with E-state index >= 15 is 0 Å². The molecule has 5 nitrogen and oxygen atoms in total. The molecule has 2 aromatic rings. The van der Waals surface area contributed by atoms with E-state index in [1.807, 2.05) is 17.5 Å². The second kappa shape index (κ2) is 7.51. The first kappa shape index (κ1) is 17.6. The number of nitrogens with zero attached hydrogens (tertiary/aromatic N) is 3. The van der Waals surface area contributed by atoms with Gasteiger partial charge in [-0.2, -0.15) is 0 Å². The van der Waals surface area contributed by atoms with Gasteiger partial charge in [0, 0.05) is 50.2 Å². The zero-order valence-corrected chi connectivity index (χ0v) is 16.5. The fraction of sp³-hybridized carbons (Fsp3) is 0.571. The van der Waals surface area contributed by atoms with Crippen molar-refractivity contribution in [2.24, 2.45) is 0 Å². The lowest BCUT2D eigenvalue weighted by molar-refractivity contribution is -0.0757. The first-order valence-corrected chi connectivity index (χ1v) is 10.9. The van der Waals surface area contributed by atoms with Crippen LogP contribution in [0.1, 0.15) is 28.8 Å². The van der Waals surface area contributed by atoms with Crippen molar-refractivity contribution >= 4 is 17.2 Å². The molecule has 0 atom stereocenters. The second-order valence-electron chi connectivity index (χ2n) is 7.75. The van der Waals surface area contributed by atoms with Gasteiger partial charge in [0.15, 0.2) is 0 Å². The lowest BCUT2D eigenvalue weighted by Gasteiger charge is -2.44. The van der Waals surface area contributed by atoms with Crippen molar-refractivity contribution in [2.45, 2.75) is 31.4 Å². The molecule has 3 aliphatic rings. The molecule has 1 spiro atoms. The number of pyridine rings is 1. The summed E-state index contributed by atoms with van der Waals surface area (Å²) < 4.78 is 11.7. The van der Waals surface area contributed by atoms with Gasteiger partial charge in [0.25, 0.3) is 0 Å². The maximum Gasteiger partial charge on any atom is 0.128 e. The fourth-order valence-electron chi connectivity index (χ4n) is 4.58. The second-order valence-corrected chi connectivity index (χ2v) is 8.75. The standard InChI is InChI=1S/C21H27N3O2S/c1-2-20(22-15-17(1)16-23-9-12-25-13-10-23)24-7-5-21(6-8-24)18-4-14-27-19(18)3-11-26-21/h1-2,4,14-15H,3,5-13,16H2. The number of hydrogen-bond acceptors (Lipinski definition) is 6. The Kier molecular flexibility index (Phi) is 4.90. The monoisotopic (exact) mass is 385 g/mol. The highest BCUT2D eigenvalue weighted by atomic mass is 32.1. The van der Waals surface area contributed by atoms with Gasteiger partial charge < -0.3 is 14.4 Å². The van der Waals surface area contributed by atoms with E-state index in [1.165, 1.54) is 16.0 Å².